The maximum Gasteiger partial charge on any atom is 0.250 e. The van der Waals surface area contributed by atoms with Gasteiger partial charge in [-0.05, 0) is 43.1 Å². The van der Waals surface area contributed by atoms with Crippen LogP contribution in [-0.2, 0) is 26.5 Å². The molecule has 1 N–H and O–H groups in total. The molecule has 1 spiro atoms. The lowest BCUT2D eigenvalue weighted by atomic mass is 9.75. The van der Waals surface area contributed by atoms with Gasteiger partial charge in [0.1, 0.15) is 5.54 Å². The fourth-order valence-corrected chi connectivity index (χ4v) is 6.52. The highest BCUT2D eigenvalue weighted by molar-refractivity contribution is 9.10. The van der Waals surface area contributed by atoms with Gasteiger partial charge in [0.05, 0.1) is 18.4 Å². The zero-order valence-corrected chi connectivity index (χ0v) is 17.8. The van der Waals surface area contributed by atoms with Gasteiger partial charge in [-0.2, -0.15) is 0 Å². The summed E-state index contributed by atoms with van der Waals surface area (Å²) in [6, 6.07) is 15.2. The second kappa shape index (κ2) is 6.25. The van der Waals surface area contributed by atoms with Crippen molar-refractivity contribution in [3.8, 4) is 0 Å². The summed E-state index contributed by atoms with van der Waals surface area (Å²) in [6.45, 7) is 0.970. The number of hydrogen-bond donors (Lipinski definition) is 1. The lowest BCUT2D eigenvalue weighted by Gasteiger charge is -2.36. The molecule has 4 atom stereocenters. The summed E-state index contributed by atoms with van der Waals surface area (Å²) in [5.41, 5.74) is 1.35. The smallest absolute Gasteiger partial charge is 0.250 e. The Morgan fingerprint density at radius 3 is 2.67 bits per heavy atom. The first kappa shape index (κ1) is 18.3. The van der Waals surface area contributed by atoms with Crippen LogP contribution in [-0.4, -0.2) is 40.1 Å². The number of rotatable bonds is 2. The molecule has 6 nitrogen and oxygen atoms in total. The van der Waals surface area contributed by atoms with E-state index in [4.69, 9.17) is 0 Å². The predicted molar refractivity (Wildman–Crippen MR) is 113 cm³/mol. The lowest BCUT2D eigenvalue weighted by Crippen LogP contribution is -2.54. The van der Waals surface area contributed by atoms with Crippen molar-refractivity contribution in [1.29, 1.82) is 0 Å². The maximum atomic E-state index is 13.7. The van der Waals surface area contributed by atoms with Crippen molar-refractivity contribution in [2.75, 3.05) is 11.9 Å². The van der Waals surface area contributed by atoms with E-state index < -0.39 is 17.4 Å². The summed E-state index contributed by atoms with van der Waals surface area (Å²) >= 11 is 3.52. The fourth-order valence-electron chi connectivity index (χ4n) is 6.16. The molecule has 3 saturated heterocycles. The molecule has 4 aliphatic heterocycles. The van der Waals surface area contributed by atoms with Crippen molar-refractivity contribution in [3.63, 3.8) is 0 Å². The Morgan fingerprint density at radius 2 is 1.87 bits per heavy atom. The summed E-state index contributed by atoms with van der Waals surface area (Å²) in [7, 11) is 0. The minimum Gasteiger partial charge on any atom is -0.324 e. The average molecular weight is 466 g/mol. The van der Waals surface area contributed by atoms with Gasteiger partial charge in [0.25, 0.3) is 0 Å². The molecule has 6 rings (SSSR count). The Labute approximate surface area is 182 Å². The molecule has 2 aromatic rings. The number of nitrogens with zero attached hydrogens (tertiary/aromatic N) is 2. The van der Waals surface area contributed by atoms with Crippen LogP contribution < -0.4 is 5.32 Å². The summed E-state index contributed by atoms with van der Waals surface area (Å²) in [6.07, 6.45) is 1.75. The molecule has 152 valence electrons. The zero-order valence-electron chi connectivity index (χ0n) is 16.2. The Hall–Kier alpha value is -2.51. The fraction of sp³-hybridized carbons (Fsp3) is 0.348. The standard InChI is InChI=1S/C23H20BrN3O3/c24-14-8-9-16-15(11-14)23(22(30)25-16)19-18(17-7-4-10-27(17)23)20(28)26(21(19)29)12-13-5-2-1-3-6-13/h1-3,5-6,8-9,11,17-19H,4,7,10,12H2,(H,25,30)/t17-,18-,19+,23-/m1/s1. The van der Waals surface area contributed by atoms with Gasteiger partial charge in [0.15, 0.2) is 0 Å². The minimum atomic E-state index is -1.11. The second-order valence-corrected chi connectivity index (χ2v) is 9.48. The number of benzene rings is 2. The molecular weight excluding hydrogens is 446 g/mol. The summed E-state index contributed by atoms with van der Waals surface area (Å²) in [5.74, 6) is -1.71. The Morgan fingerprint density at radius 1 is 1.07 bits per heavy atom. The van der Waals surface area contributed by atoms with E-state index in [0.717, 1.165) is 40.7 Å². The van der Waals surface area contributed by atoms with E-state index in [-0.39, 0.29) is 30.3 Å². The molecule has 0 saturated carbocycles. The SMILES string of the molecule is O=C1[C@@H]2[C@H]3CCCN3[C@@]3(C(=O)Nc4ccc(Br)cc43)[C@@H]2C(=O)N1Cc1ccccc1. The monoisotopic (exact) mass is 465 g/mol. The van der Waals surface area contributed by atoms with E-state index >= 15 is 0 Å². The molecule has 30 heavy (non-hydrogen) atoms. The number of fused-ring (bicyclic) bond motifs is 7. The predicted octanol–water partition coefficient (Wildman–Crippen LogP) is 2.88. The number of likely N-dealkylation sites (tertiary alicyclic amines) is 1. The van der Waals surface area contributed by atoms with Crippen LogP contribution in [0.25, 0.3) is 0 Å². The quantitative estimate of drug-likeness (QED) is 0.692. The highest BCUT2D eigenvalue weighted by Crippen LogP contribution is 2.60. The van der Waals surface area contributed by atoms with Crippen molar-refractivity contribution >= 4 is 39.3 Å². The third-order valence-corrected chi connectivity index (χ3v) is 7.72. The van der Waals surface area contributed by atoms with Crippen LogP contribution in [0.5, 0.6) is 0 Å². The van der Waals surface area contributed by atoms with Crippen molar-refractivity contribution in [3.05, 3.63) is 64.1 Å². The van der Waals surface area contributed by atoms with E-state index in [1.54, 1.807) is 0 Å². The van der Waals surface area contributed by atoms with Gasteiger partial charge in [-0.1, -0.05) is 46.3 Å². The average Bonchev–Trinajstić information content (AvgIpc) is 3.44. The molecule has 3 fully saturated rings. The number of hydrogen-bond acceptors (Lipinski definition) is 4. The van der Waals surface area contributed by atoms with Crippen LogP contribution in [0.15, 0.2) is 53.0 Å². The molecule has 0 bridgehead atoms. The van der Waals surface area contributed by atoms with E-state index in [0.29, 0.717) is 0 Å². The Kier molecular flexibility index (Phi) is 3.81. The van der Waals surface area contributed by atoms with Crippen LogP contribution in [0.3, 0.4) is 0 Å². The first-order valence-corrected chi connectivity index (χ1v) is 11.1. The molecule has 0 aliphatic carbocycles. The van der Waals surface area contributed by atoms with Crippen molar-refractivity contribution in [1.82, 2.24) is 9.80 Å². The molecule has 3 amide bonds. The van der Waals surface area contributed by atoms with Gasteiger partial charge >= 0.3 is 0 Å². The second-order valence-electron chi connectivity index (χ2n) is 8.57. The zero-order chi connectivity index (χ0) is 20.6. The molecule has 0 unspecified atom stereocenters. The van der Waals surface area contributed by atoms with Gasteiger partial charge in [-0.3, -0.25) is 24.2 Å². The van der Waals surface area contributed by atoms with Crippen molar-refractivity contribution < 1.29 is 14.4 Å². The van der Waals surface area contributed by atoms with Crippen LogP contribution in [0.2, 0.25) is 0 Å². The largest absolute Gasteiger partial charge is 0.324 e. The van der Waals surface area contributed by atoms with Crippen molar-refractivity contribution in [2.45, 2.75) is 31.0 Å². The normalized spacial score (nSPS) is 32.0. The number of halogens is 1. The van der Waals surface area contributed by atoms with E-state index in [1.165, 1.54) is 4.90 Å². The summed E-state index contributed by atoms with van der Waals surface area (Å²) < 4.78 is 0.856. The van der Waals surface area contributed by atoms with Crippen LogP contribution in [0.1, 0.15) is 24.0 Å². The summed E-state index contributed by atoms with van der Waals surface area (Å²) in [4.78, 5) is 44.3. The Bertz CT molecular complexity index is 1100. The molecule has 7 heteroatoms. The first-order chi connectivity index (χ1) is 14.5. The van der Waals surface area contributed by atoms with Crippen LogP contribution >= 0.6 is 15.9 Å². The summed E-state index contributed by atoms with van der Waals surface area (Å²) in [5, 5.41) is 3.00. The van der Waals surface area contributed by atoms with Crippen molar-refractivity contribution in [2.24, 2.45) is 11.8 Å². The molecule has 0 radical (unpaired) electrons. The topological polar surface area (TPSA) is 69.7 Å². The highest BCUT2D eigenvalue weighted by atomic mass is 79.9. The maximum absolute atomic E-state index is 13.7. The molecule has 4 heterocycles. The van der Waals surface area contributed by atoms with Gasteiger partial charge < -0.3 is 5.32 Å². The number of anilines is 1. The molecule has 0 aromatic heterocycles. The molecule has 2 aromatic carbocycles. The number of amides is 3. The first-order valence-electron chi connectivity index (χ1n) is 10.3. The molecular formula is C23H20BrN3O3. The lowest BCUT2D eigenvalue weighted by molar-refractivity contribution is -0.146. The molecule has 4 aliphatic rings. The van der Waals surface area contributed by atoms with Gasteiger partial charge in [-0.25, -0.2) is 0 Å². The van der Waals surface area contributed by atoms with E-state index in [9.17, 15) is 14.4 Å². The number of nitrogens with one attached hydrogen (secondary N) is 1. The van der Waals surface area contributed by atoms with Gasteiger partial charge in [0, 0.05) is 21.8 Å². The third-order valence-electron chi connectivity index (χ3n) is 7.23. The number of carbonyl (C=O) groups is 3. The van der Waals surface area contributed by atoms with E-state index in [1.807, 2.05) is 48.5 Å². The van der Waals surface area contributed by atoms with Gasteiger partial charge in [0.2, 0.25) is 17.7 Å². The van der Waals surface area contributed by atoms with Crippen LogP contribution in [0, 0.1) is 11.8 Å². The van der Waals surface area contributed by atoms with Gasteiger partial charge in [-0.15, -0.1) is 0 Å². The number of carbonyl (C=O) groups excluding carboxylic acids is 3. The third kappa shape index (κ3) is 2.14. The van der Waals surface area contributed by atoms with E-state index in [2.05, 4.69) is 26.1 Å². The Balaban J connectivity index is 1.50. The highest BCUT2D eigenvalue weighted by Gasteiger charge is 2.74. The van der Waals surface area contributed by atoms with Crippen LogP contribution in [0.4, 0.5) is 5.69 Å². The minimum absolute atomic E-state index is 0.0806. The number of imide groups is 1.